The predicted octanol–water partition coefficient (Wildman–Crippen LogP) is -5.82. The van der Waals surface area contributed by atoms with Crippen molar-refractivity contribution in [3.8, 4) is 0 Å². The van der Waals surface area contributed by atoms with E-state index in [0.29, 0.717) is 0 Å². The number of likely N-dealkylation sites (N-methyl/N-ethyl adjacent to an activating group) is 1. The Morgan fingerprint density at radius 2 is 1.10 bits per heavy atom. The lowest BCUT2D eigenvalue weighted by Crippen LogP contribution is -2.70. The third-order valence-electron chi connectivity index (χ3n) is 13.2. The van der Waals surface area contributed by atoms with Gasteiger partial charge in [0.05, 0.1) is 24.8 Å². The standard InChI is InChI=1S/C21H39N7O12.3C6H13NO3S/c1-5-21(36,4-30)16(40-17-9(26-2)13(34)10(31)6(3-29)38-17)18(37-5)39-15-8(28-20(24)25)11(32)7(27-19(22)23)12(33)14(15)35;3*8-11(9,10)7-6-4-2-1-3-5-6/h4-18,26,29,31-36H,3H2,1-2H3,(H4,22,23,27)(H4,24,25,28);3*6-7H,1-5H2,(H,8,9,10)/t5-,6-,7+,8-,9-,10-,11+,12-,13-,14+,15+,16-,17-,18-,21+;;;/m0.../s1. The zero-order valence-corrected chi connectivity index (χ0v) is 43.0. The van der Waals surface area contributed by atoms with Crippen LogP contribution in [-0.4, -0.2) is 216 Å². The van der Waals surface area contributed by atoms with E-state index in [4.69, 9.17) is 55.2 Å². The Bertz CT molecular complexity index is 1950. The lowest BCUT2D eigenvalue weighted by atomic mass is 9.81. The second-order valence-corrected chi connectivity index (χ2v) is 22.3. The number of aliphatic imine (C=N–C) groups is 1. The van der Waals surface area contributed by atoms with Gasteiger partial charge < -0.3 is 82.5 Å². The summed E-state index contributed by atoms with van der Waals surface area (Å²) in [5.74, 6) is -1.16. The van der Waals surface area contributed by atoms with Crippen molar-refractivity contribution < 1.29 is 98.4 Å². The lowest BCUT2D eigenvalue weighted by Gasteiger charge is -2.46. The van der Waals surface area contributed by atoms with Gasteiger partial charge in [-0.05, 0) is 52.5 Å². The van der Waals surface area contributed by atoms with Gasteiger partial charge in [-0.1, -0.05) is 57.8 Å². The van der Waals surface area contributed by atoms with Crippen LogP contribution in [0, 0.1) is 5.41 Å². The van der Waals surface area contributed by atoms with Crippen molar-refractivity contribution in [3.05, 3.63) is 0 Å². The van der Waals surface area contributed by atoms with Gasteiger partial charge in [-0.3, -0.25) is 23.9 Å². The maximum absolute atomic E-state index is 12.1. The first-order chi connectivity index (χ1) is 33.9. The van der Waals surface area contributed by atoms with Gasteiger partial charge in [-0.15, -0.1) is 0 Å². The summed E-state index contributed by atoms with van der Waals surface area (Å²) in [6.07, 6.45) is -2.42. The summed E-state index contributed by atoms with van der Waals surface area (Å²) in [5.41, 5.74) is 13.9. The highest BCUT2D eigenvalue weighted by Crippen LogP contribution is 2.38. The smallest absolute Gasteiger partial charge is 0.333 e. The molecule has 0 aromatic rings. The number of hydrogen-bond acceptors (Lipinski definition) is 21. The fourth-order valence-corrected chi connectivity index (χ4v) is 11.4. The highest BCUT2D eigenvalue weighted by molar-refractivity contribution is 7.84. The van der Waals surface area contributed by atoms with Crippen LogP contribution in [0.3, 0.4) is 0 Å². The van der Waals surface area contributed by atoms with E-state index >= 15 is 0 Å². The quantitative estimate of drug-likeness (QED) is 0.0314. The number of rotatable bonds is 15. The molecule has 4 saturated carbocycles. The first-order valence-electron chi connectivity index (χ1n) is 23.9. The van der Waals surface area contributed by atoms with E-state index in [9.17, 15) is 65.8 Å². The molecule has 2 aliphatic heterocycles. The molecule has 0 amide bonds. The summed E-state index contributed by atoms with van der Waals surface area (Å²) in [7, 11) is -10.5. The number of nitrogens with zero attached hydrogens (tertiary/aromatic N) is 1. The van der Waals surface area contributed by atoms with Crippen LogP contribution in [0.2, 0.25) is 0 Å². The van der Waals surface area contributed by atoms with Crippen LogP contribution in [0.15, 0.2) is 4.99 Å². The minimum Gasteiger partial charge on any atom is -0.394 e. The van der Waals surface area contributed by atoms with Crippen molar-refractivity contribution >= 4 is 49.1 Å². The number of nitrogens with two attached hydrogens (primary N) is 3. The Morgan fingerprint density at radius 1 is 0.671 bits per heavy atom. The van der Waals surface area contributed by atoms with Crippen LogP contribution in [0.4, 0.5) is 0 Å². The minimum atomic E-state index is -3.97. The number of aliphatic hydroxyl groups is 7. The van der Waals surface area contributed by atoms with Crippen LogP contribution in [0.1, 0.15) is 103 Å². The van der Waals surface area contributed by atoms with Gasteiger partial charge in [0, 0.05) is 18.1 Å². The van der Waals surface area contributed by atoms with Crippen molar-refractivity contribution in [1.82, 2.24) is 24.8 Å². The van der Waals surface area contributed by atoms with Gasteiger partial charge in [0.1, 0.15) is 54.9 Å². The number of carbonyl (C=O) groups excluding carboxylic acids is 1. The molecule has 0 radical (unpaired) electrons. The molecule has 428 valence electrons. The van der Waals surface area contributed by atoms with Gasteiger partial charge in [0.2, 0.25) is 0 Å². The zero-order chi connectivity index (χ0) is 55.1. The van der Waals surface area contributed by atoms with E-state index in [2.05, 4.69) is 29.8 Å². The van der Waals surface area contributed by atoms with Gasteiger partial charge in [-0.2, -0.15) is 39.4 Å². The number of nitrogens with one attached hydrogen (secondary N) is 6. The molecule has 22 N–H and O–H groups in total. The summed E-state index contributed by atoms with van der Waals surface area (Å²) in [5, 5.41) is 86.4. The molecule has 0 bridgehead atoms. The Balaban J connectivity index is 0.000000338. The molecular weight excluding hydrogens is 1040 g/mol. The van der Waals surface area contributed by atoms with Gasteiger partial charge in [-0.25, -0.2) is 4.99 Å². The molecule has 31 nitrogen and oxygen atoms in total. The average Bonchev–Trinajstić information content (AvgIpc) is 3.53. The first-order valence-corrected chi connectivity index (χ1v) is 28.2. The molecule has 6 fully saturated rings. The normalized spacial score (nSPS) is 35.9. The summed E-state index contributed by atoms with van der Waals surface area (Å²) >= 11 is 0. The highest BCUT2D eigenvalue weighted by atomic mass is 32.2. The molecule has 15 atom stereocenters. The molecule has 2 saturated heterocycles. The fraction of sp³-hybridized carbons (Fsp3) is 0.923. The lowest BCUT2D eigenvalue weighted by molar-refractivity contribution is -0.314. The zero-order valence-electron chi connectivity index (χ0n) is 40.6. The summed E-state index contributed by atoms with van der Waals surface area (Å²) in [6, 6.07) is -4.15. The Kier molecular flexibility index (Phi) is 25.8. The van der Waals surface area contributed by atoms with Crippen molar-refractivity contribution in [2.24, 2.45) is 22.2 Å². The van der Waals surface area contributed by atoms with Crippen molar-refractivity contribution in [1.29, 1.82) is 5.41 Å². The van der Waals surface area contributed by atoms with Crippen molar-refractivity contribution in [2.75, 3.05) is 13.7 Å². The highest BCUT2D eigenvalue weighted by Gasteiger charge is 2.61. The van der Waals surface area contributed by atoms with Crippen LogP contribution >= 0.6 is 0 Å². The third kappa shape index (κ3) is 20.7. The summed E-state index contributed by atoms with van der Waals surface area (Å²) in [4.78, 5) is 16.0. The van der Waals surface area contributed by atoms with E-state index in [-0.39, 0.29) is 24.4 Å². The Hall–Kier alpha value is -2.66. The molecule has 34 heteroatoms. The molecule has 0 aromatic heterocycles. The van der Waals surface area contributed by atoms with Gasteiger partial charge >= 0.3 is 30.9 Å². The minimum absolute atomic E-state index is 0.0428. The van der Waals surface area contributed by atoms with Crippen molar-refractivity contribution in [2.45, 2.75) is 213 Å². The molecule has 0 spiro atoms. The van der Waals surface area contributed by atoms with Crippen LogP contribution < -0.4 is 42.0 Å². The molecule has 2 heterocycles. The largest absolute Gasteiger partial charge is 0.394 e. The van der Waals surface area contributed by atoms with Crippen LogP contribution in [0.25, 0.3) is 0 Å². The molecule has 0 unspecified atom stereocenters. The first kappa shape index (κ1) is 64.6. The predicted molar refractivity (Wildman–Crippen MR) is 257 cm³/mol. The maximum Gasteiger partial charge on any atom is 0.333 e. The SMILES string of the molecule is CN[C@@H]1[C@H](O[C@H]2[C@H](O[C@H]3[C@H](O)[C@@H](O)[C@H](NC(=N)N)[C@@H](O)[C@@H]3N=C(N)N)O[C@@H](C)[C@]2(O)C=O)O[C@@H](CO)[C@H](O)[C@H]1O.O=S(=O)(O)NC1CCCCC1.O=S(=O)(O)NC1CCCCC1.O=S(=O)(O)NC1CCCCC1. The van der Waals surface area contributed by atoms with E-state index in [1.54, 1.807) is 0 Å². The maximum atomic E-state index is 12.1. The Labute approximate surface area is 424 Å². The van der Waals surface area contributed by atoms with Crippen molar-refractivity contribution in [3.63, 3.8) is 0 Å². The second kappa shape index (κ2) is 29.2. The topological polar surface area (TPSA) is 533 Å². The van der Waals surface area contributed by atoms with E-state index in [1.807, 2.05) is 0 Å². The molecule has 6 rings (SSSR count). The summed E-state index contributed by atoms with van der Waals surface area (Å²) in [6.45, 7) is 0.617. The molecule has 6 aliphatic rings. The monoisotopic (exact) mass is 1120 g/mol. The van der Waals surface area contributed by atoms with E-state index in [1.165, 1.54) is 33.2 Å². The Morgan fingerprint density at radius 3 is 1.45 bits per heavy atom. The van der Waals surface area contributed by atoms with Gasteiger partial charge in [0.15, 0.2) is 36.4 Å². The van der Waals surface area contributed by atoms with E-state index in [0.717, 1.165) is 77.0 Å². The molecule has 73 heavy (non-hydrogen) atoms. The molecular formula is C39H78N10O21S3. The van der Waals surface area contributed by atoms with Crippen LogP contribution in [-0.2, 0) is 54.7 Å². The third-order valence-corrected chi connectivity index (χ3v) is 15.1. The average molecular weight is 1120 g/mol. The number of aliphatic hydroxyl groups excluding tert-OH is 6. The fourth-order valence-electron chi connectivity index (χ4n) is 9.42. The number of ether oxygens (including phenoxy) is 4. The number of hydrogen-bond donors (Lipinski definition) is 19. The molecule has 0 aromatic carbocycles. The molecule has 4 aliphatic carbocycles. The second-order valence-electron chi connectivity index (χ2n) is 18.7. The number of carbonyl (C=O) groups is 1. The summed E-state index contributed by atoms with van der Waals surface area (Å²) < 4.78 is 117. The van der Waals surface area contributed by atoms with Crippen LogP contribution in [0.5, 0.6) is 0 Å². The van der Waals surface area contributed by atoms with Gasteiger partial charge in [0.25, 0.3) is 0 Å². The number of aldehydes is 1. The van der Waals surface area contributed by atoms with E-state index < -0.39 is 141 Å². The number of guanidine groups is 2.